The first-order chi connectivity index (χ1) is 11.2. The largest absolute Gasteiger partial charge is 0.370 e. The Kier molecular flexibility index (Phi) is 5.26. The number of likely N-dealkylation sites (tertiary alicyclic amines) is 1. The lowest BCUT2D eigenvalue weighted by atomic mass is 9.97. The van der Waals surface area contributed by atoms with Crippen molar-refractivity contribution in [3.05, 3.63) is 29.2 Å². The summed E-state index contributed by atoms with van der Waals surface area (Å²) in [4.78, 5) is 23.1. The van der Waals surface area contributed by atoms with Crippen LogP contribution in [0.15, 0.2) is 17.7 Å². The highest BCUT2D eigenvalue weighted by atomic mass is 16.2. The fourth-order valence-electron chi connectivity index (χ4n) is 3.33. The van der Waals surface area contributed by atoms with Crippen molar-refractivity contribution in [1.82, 2.24) is 14.9 Å². The monoisotopic (exact) mass is 314 g/mol. The van der Waals surface area contributed by atoms with Crippen molar-refractivity contribution in [2.24, 2.45) is 0 Å². The third kappa shape index (κ3) is 4.30. The number of rotatable bonds is 5. The number of amides is 1. The van der Waals surface area contributed by atoms with Crippen LogP contribution in [0, 0.1) is 6.92 Å². The second-order valence-corrected chi connectivity index (χ2v) is 6.47. The summed E-state index contributed by atoms with van der Waals surface area (Å²) in [7, 11) is 0. The number of nitrogens with one attached hydrogen (secondary N) is 1. The molecule has 0 radical (unpaired) electrons. The van der Waals surface area contributed by atoms with E-state index >= 15 is 0 Å². The lowest BCUT2D eigenvalue weighted by Gasteiger charge is -2.16. The van der Waals surface area contributed by atoms with Gasteiger partial charge in [0.25, 0.3) is 5.91 Å². The second kappa shape index (κ2) is 7.57. The van der Waals surface area contributed by atoms with Crippen molar-refractivity contribution in [2.75, 3.05) is 25.0 Å². The maximum absolute atomic E-state index is 12.5. The SMILES string of the molecule is Cc1nc(NCCC2=CCCCC2)cc(C(=O)N2CCCC2)n1. The van der Waals surface area contributed by atoms with Gasteiger partial charge in [-0.05, 0) is 51.9 Å². The van der Waals surface area contributed by atoms with E-state index in [2.05, 4.69) is 21.4 Å². The average molecular weight is 314 g/mol. The third-order valence-corrected chi connectivity index (χ3v) is 4.59. The van der Waals surface area contributed by atoms with E-state index in [0.29, 0.717) is 11.5 Å². The van der Waals surface area contributed by atoms with Crippen LogP contribution in [-0.4, -0.2) is 40.4 Å². The number of allylic oxidation sites excluding steroid dienone is 1. The van der Waals surface area contributed by atoms with Gasteiger partial charge in [-0.25, -0.2) is 9.97 Å². The normalized spacial score (nSPS) is 18.0. The van der Waals surface area contributed by atoms with Crippen molar-refractivity contribution in [3.63, 3.8) is 0 Å². The zero-order valence-corrected chi connectivity index (χ0v) is 14.0. The van der Waals surface area contributed by atoms with Crippen LogP contribution in [-0.2, 0) is 0 Å². The van der Waals surface area contributed by atoms with Crippen LogP contribution < -0.4 is 5.32 Å². The molecule has 1 aromatic rings. The standard InChI is InChI=1S/C18H26N4O/c1-14-20-16(18(23)22-11-5-6-12-22)13-17(21-14)19-10-9-15-7-3-2-4-8-15/h7,13H,2-6,8-12H2,1H3,(H,19,20,21). The molecule has 0 saturated carbocycles. The number of hydrogen-bond acceptors (Lipinski definition) is 4. The first-order valence-electron chi connectivity index (χ1n) is 8.79. The zero-order chi connectivity index (χ0) is 16.1. The lowest BCUT2D eigenvalue weighted by molar-refractivity contribution is 0.0786. The van der Waals surface area contributed by atoms with Gasteiger partial charge in [-0.15, -0.1) is 0 Å². The number of aryl methyl sites for hydroxylation is 1. The highest BCUT2D eigenvalue weighted by Crippen LogP contribution is 2.20. The Morgan fingerprint density at radius 3 is 2.78 bits per heavy atom. The van der Waals surface area contributed by atoms with E-state index in [1.807, 2.05) is 11.8 Å². The molecule has 1 aromatic heterocycles. The fourth-order valence-corrected chi connectivity index (χ4v) is 3.33. The van der Waals surface area contributed by atoms with Gasteiger partial charge < -0.3 is 10.2 Å². The maximum atomic E-state index is 12.5. The van der Waals surface area contributed by atoms with Crippen LogP contribution in [0.2, 0.25) is 0 Å². The Hall–Kier alpha value is -1.91. The minimum atomic E-state index is 0.0334. The summed E-state index contributed by atoms with van der Waals surface area (Å²) in [6.45, 7) is 4.40. The summed E-state index contributed by atoms with van der Waals surface area (Å²) in [5, 5.41) is 3.36. The third-order valence-electron chi connectivity index (χ3n) is 4.59. The predicted molar refractivity (Wildman–Crippen MR) is 91.6 cm³/mol. The zero-order valence-electron chi connectivity index (χ0n) is 14.0. The van der Waals surface area contributed by atoms with Gasteiger partial charge in [0, 0.05) is 25.7 Å². The van der Waals surface area contributed by atoms with Crippen LogP contribution in [0.5, 0.6) is 0 Å². The van der Waals surface area contributed by atoms with Crippen molar-refractivity contribution in [2.45, 2.75) is 51.9 Å². The summed E-state index contributed by atoms with van der Waals surface area (Å²) in [5.74, 6) is 1.44. The van der Waals surface area contributed by atoms with E-state index < -0.39 is 0 Å². The minimum Gasteiger partial charge on any atom is -0.370 e. The van der Waals surface area contributed by atoms with Crippen LogP contribution in [0.3, 0.4) is 0 Å². The van der Waals surface area contributed by atoms with Crippen LogP contribution in [0.4, 0.5) is 5.82 Å². The molecular weight excluding hydrogens is 288 g/mol. The Balaban J connectivity index is 1.60. The molecule has 2 aliphatic rings. The Bertz CT molecular complexity index is 591. The topological polar surface area (TPSA) is 58.1 Å². The summed E-state index contributed by atoms with van der Waals surface area (Å²) >= 11 is 0. The lowest BCUT2D eigenvalue weighted by Crippen LogP contribution is -2.28. The molecule has 5 heteroatoms. The van der Waals surface area contributed by atoms with Gasteiger partial charge in [0.15, 0.2) is 0 Å². The van der Waals surface area contributed by atoms with Gasteiger partial charge in [-0.2, -0.15) is 0 Å². The quantitative estimate of drug-likeness (QED) is 0.847. The van der Waals surface area contributed by atoms with E-state index in [9.17, 15) is 4.79 Å². The predicted octanol–water partition coefficient (Wildman–Crippen LogP) is 3.32. The molecule has 1 saturated heterocycles. The molecule has 0 aromatic carbocycles. The molecule has 0 unspecified atom stereocenters. The molecule has 1 aliphatic heterocycles. The van der Waals surface area contributed by atoms with Crippen molar-refractivity contribution in [3.8, 4) is 0 Å². The molecule has 1 aliphatic carbocycles. The highest BCUT2D eigenvalue weighted by Gasteiger charge is 2.21. The Morgan fingerprint density at radius 2 is 2.04 bits per heavy atom. The highest BCUT2D eigenvalue weighted by molar-refractivity contribution is 5.93. The van der Waals surface area contributed by atoms with Gasteiger partial charge in [-0.3, -0.25) is 4.79 Å². The number of nitrogens with zero attached hydrogens (tertiary/aromatic N) is 3. The van der Waals surface area contributed by atoms with Crippen LogP contribution in [0.1, 0.15) is 61.3 Å². The van der Waals surface area contributed by atoms with E-state index in [0.717, 1.165) is 44.7 Å². The van der Waals surface area contributed by atoms with Crippen LogP contribution in [0.25, 0.3) is 0 Å². The molecule has 0 atom stereocenters. The fraction of sp³-hybridized carbons (Fsp3) is 0.611. The molecule has 1 amide bonds. The molecular formula is C18H26N4O. The second-order valence-electron chi connectivity index (χ2n) is 6.47. The maximum Gasteiger partial charge on any atom is 0.272 e. The molecule has 5 nitrogen and oxygen atoms in total. The minimum absolute atomic E-state index is 0.0334. The number of hydrogen-bond donors (Lipinski definition) is 1. The van der Waals surface area contributed by atoms with Gasteiger partial charge in [0.2, 0.25) is 0 Å². The first-order valence-corrected chi connectivity index (χ1v) is 8.79. The smallest absolute Gasteiger partial charge is 0.272 e. The van der Waals surface area contributed by atoms with E-state index in [-0.39, 0.29) is 5.91 Å². The van der Waals surface area contributed by atoms with E-state index in [1.54, 1.807) is 11.6 Å². The van der Waals surface area contributed by atoms with Gasteiger partial charge >= 0.3 is 0 Å². The first kappa shape index (κ1) is 16.0. The molecule has 3 rings (SSSR count). The molecule has 1 N–H and O–H groups in total. The summed E-state index contributed by atoms with van der Waals surface area (Å²) in [6.07, 6.45) is 10.7. The Labute approximate surface area is 138 Å². The molecule has 0 bridgehead atoms. The molecule has 0 spiro atoms. The average Bonchev–Trinajstić information content (AvgIpc) is 3.09. The summed E-state index contributed by atoms with van der Waals surface area (Å²) < 4.78 is 0. The summed E-state index contributed by atoms with van der Waals surface area (Å²) in [6, 6.07) is 1.79. The molecule has 124 valence electrons. The van der Waals surface area contributed by atoms with E-state index in [1.165, 1.54) is 25.7 Å². The van der Waals surface area contributed by atoms with E-state index in [4.69, 9.17) is 0 Å². The molecule has 1 fully saturated rings. The van der Waals surface area contributed by atoms with Gasteiger partial charge in [0.1, 0.15) is 17.3 Å². The van der Waals surface area contributed by atoms with Crippen molar-refractivity contribution < 1.29 is 4.79 Å². The van der Waals surface area contributed by atoms with Gasteiger partial charge in [-0.1, -0.05) is 11.6 Å². The van der Waals surface area contributed by atoms with Crippen LogP contribution >= 0.6 is 0 Å². The number of carbonyl (C=O) groups is 1. The number of carbonyl (C=O) groups excluding carboxylic acids is 1. The van der Waals surface area contributed by atoms with Crippen molar-refractivity contribution >= 4 is 11.7 Å². The summed E-state index contributed by atoms with van der Waals surface area (Å²) in [5.41, 5.74) is 2.06. The van der Waals surface area contributed by atoms with Crippen molar-refractivity contribution in [1.29, 1.82) is 0 Å². The number of aromatic nitrogens is 2. The van der Waals surface area contributed by atoms with Gasteiger partial charge in [0.05, 0.1) is 0 Å². The molecule has 2 heterocycles. The molecule has 23 heavy (non-hydrogen) atoms. The number of anilines is 1. The Morgan fingerprint density at radius 1 is 1.22 bits per heavy atom.